The number of Topliss-reactive ketones (excluding diaryl/α,β-unsaturated/α-hetero) is 1. The Morgan fingerprint density at radius 3 is 1.86 bits per heavy atom. The van der Waals surface area contributed by atoms with Crippen LogP contribution in [-0.2, 0) is 62.3 Å². The third-order valence-corrected chi connectivity index (χ3v) is 19.7. The number of phenols is 1. The molecule has 0 bridgehead atoms. The molecule has 3 aliphatic rings. The lowest BCUT2D eigenvalue weighted by molar-refractivity contribution is -0.142. The summed E-state index contributed by atoms with van der Waals surface area (Å²) in [4.78, 5) is 141. The number of carbonyl (C=O) groups is 10. The zero-order valence-corrected chi connectivity index (χ0v) is 58.3. The van der Waals surface area contributed by atoms with Gasteiger partial charge in [0.1, 0.15) is 48.2 Å². The second-order valence-electron chi connectivity index (χ2n) is 26.1. The highest BCUT2D eigenvalue weighted by Gasteiger charge is 2.38. The van der Waals surface area contributed by atoms with Crippen molar-refractivity contribution in [2.45, 2.75) is 159 Å². The van der Waals surface area contributed by atoms with Crippen molar-refractivity contribution in [1.29, 1.82) is 0 Å². The molecule has 0 saturated carbocycles. The van der Waals surface area contributed by atoms with E-state index in [1.54, 1.807) is 63.2 Å². The number of ketones is 1. The molecule has 24 nitrogen and oxygen atoms in total. The number of unbranched alkanes of at least 4 members (excludes halogenated alkanes) is 4. The van der Waals surface area contributed by atoms with Gasteiger partial charge in [-0.05, 0) is 135 Å². The fourth-order valence-electron chi connectivity index (χ4n) is 12.1. The van der Waals surface area contributed by atoms with Gasteiger partial charge >= 0.3 is 24.2 Å². The van der Waals surface area contributed by atoms with Crippen molar-refractivity contribution in [3.8, 4) is 16.9 Å². The average molecular weight is 1410 g/mol. The van der Waals surface area contributed by atoms with Crippen LogP contribution in [0.15, 0.2) is 133 Å². The molecule has 534 valence electrons. The number of amides is 9. The summed E-state index contributed by atoms with van der Waals surface area (Å²) in [6.45, 7) is 7.51. The van der Waals surface area contributed by atoms with Gasteiger partial charge in [-0.3, -0.25) is 28.8 Å². The number of alkyl carbamates (subject to hydrolysis) is 2. The van der Waals surface area contributed by atoms with E-state index < -0.39 is 120 Å². The molecule has 12 N–H and O–H groups in total. The molecule has 9 amide bonds. The van der Waals surface area contributed by atoms with Gasteiger partial charge < -0.3 is 72.6 Å². The molecular formula is C74H91N9O15S2. The topological polar surface area (TPSA) is 358 Å². The van der Waals surface area contributed by atoms with Gasteiger partial charge in [-0.2, -0.15) is 0 Å². The molecule has 100 heavy (non-hydrogen) atoms. The molecule has 8 atom stereocenters. The van der Waals surface area contributed by atoms with Crippen molar-refractivity contribution in [3.63, 3.8) is 0 Å². The van der Waals surface area contributed by atoms with Crippen molar-refractivity contribution in [1.82, 2.24) is 47.9 Å². The smallest absolute Gasteiger partial charge is 0.407 e. The summed E-state index contributed by atoms with van der Waals surface area (Å²) in [5, 5.41) is 56.4. The number of ether oxygens (including phenoxy) is 2. The highest BCUT2D eigenvalue weighted by molar-refractivity contribution is 8.76. The number of urea groups is 1. The number of aliphatic carboxylic acids is 1. The van der Waals surface area contributed by atoms with Gasteiger partial charge in [-0.25, -0.2) is 19.2 Å². The molecule has 1 aliphatic heterocycles. The van der Waals surface area contributed by atoms with E-state index in [1.807, 2.05) is 78.9 Å². The fourth-order valence-corrected chi connectivity index (χ4v) is 14.4. The molecular weight excluding hydrogens is 1320 g/mol. The van der Waals surface area contributed by atoms with Crippen molar-refractivity contribution in [2.75, 3.05) is 37.7 Å². The van der Waals surface area contributed by atoms with E-state index in [2.05, 4.69) is 47.9 Å². The van der Waals surface area contributed by atoms with E-state index in [4.69, 9.17) is 9.47 Å². The van der Waals surface area contributed by atoms with E-state index in [9.17, 15) is 48.9 Å². The number of aliphatic hydroxyl groups excluding tert-OH is 1. The van der Waals surface area contributed by atoms with Crippen LogP contribution in [0.4, 0.5) is 14.4 Å². The second kappa shape index (κ2) is 37.7. The van der Waals surface area contributed by atoms with Gasteiger partial charge in [0.15, 0.2) is 5.78 Å². The quantitative estimate of drug-likeness (QED) is 0.0198. The summed E-state index contributed by atoms with van der Waals surface area (Å²) in [6, 6.07) is 28.6. The number of carboxylic acids is 1. The third-order valence-electron chi connectivity index (χ3n) is 17.3. The van der Waals surface area contributed by atoms with E-state index in [0.717, 1.165) is 74.2 Å². The highest BCUT2D eigenvalue weighted by atomic mass is 33.1. The first-order valence-corrected chi connectivity index (χ1v) is 36.4. The van der Waals surface area contributed by atoms with Crippen LogP contribution in [0, 0.1) is 5.92 Å². The van der Waals surface area contributed by atoms with Gasteiger partial charge in [0.25, 0.3) is 0 Å². The van der Waals surface area contributed by atoms with Crippen LogP contribution >= 0.6 is 21.6 Å². The van der Waals surface area contributed by atoms with Crippen LogP contribution in [0.3, 0.4) is 0 Å². The summed E-state index contributed by atoms with van der Waals surface area (Å²) in [5.41, 5.74) is 7.02. The summed E-state index contributed by atoms with van der Waals surface area (Å²) in [7, 11) is 1.91. The first-order valence-electron chi connectivity index (χ1n) is 33.9. The molecule has 0 aromatic heterocycles. The SMILES string of the molecule is C[C@@H](O)[C@@H]1NC(=O)[C@H](CCCCNC(=O)NCCCCCCNC(=O)OC(C)(C)C)NC(=O)[C@@H](CC2=CCc3ccccc32)NC(=O)[C@H](Cc2ccc(O)cc2)CC(=O)[C@@H](NC(=O)[C@@H](Cc2ccccc2)NC(=O)OCC2c3ccccc3-c3ccccc32)CSSC[C@@H](C(=O)O)NC1=O. The van der Waals surface area contributed by atoms with Crippen LogP contribution in [-0.4, -0.2) is 161 Å². The molecule has 0 spiro atoms. The van der Waals surface area contributed by atoms with Crippen molar-refractivity contribution in [2.24, 2.45) is 5.92 Å². The zero-order valence-electron chi connectivity index (χ0n) is 56.7. The lowest BCUT2D eigenvalue weighted by Crippen LogP contribution is -2.60. The van der Waals surface area contributed by atoms with Gasteiger partial charge in [0.05, 0.1) is 12.1 Å². The number of rotatable bonds is 25. The lowest BCUT2D eigenvalue weighted by atomic mass is 9.90. The maximum Gasteiger partial charge on any atom is 0.407 e. The lowest BCUT2D eigenvalue weighted by Gasteiger charge is -2.28. The standard InChI is InChI=1S/C74H91N9O15S2/c1-45(84)64-69(91)81-62(70(92)93)44-100-99-43-61(80-67(89)59(39-46-20-8-7-9-21-46)82-73(96)97-42-57-55-26-14-12-24-53(55)54-25-13-15-27-56(54)57)63(86)41-50(38-47-29-33-51(85)34-30-47)65(87)79-60(40-49-32-31-48-22-10-11-23-52(48)49)68(90)78-58(66(88)83-64)28-16-19-36-76-71(94)75-35-17-5-6-18-37-77-72(95)98-74(2,3)4/h7-15,20-27,29-30,32-34,45,50,57-62,64,84-85H,5-6,16-19,28,31,35-44H2,1-4H3,(H,77,95)(H,78,90)(H,79,87)(H,80,89)(H,81,91)(H,82,96)(H,83,88)(H,92,93)(H2,75,76,94)/t45-,50-,58+,59-,60-,61+,62+,64+/m1/s1. The summed E-state index contributed by atoms with van der Waals surface area (Å²) in [5.74, 6) is -8.73. The van der Waals surface area contributed by atoms with Gasteiger partial charge in [-0.1, -0.05) is 156 Å². The normalized spacial score (nSPS) is 19.8. The number of carbonyl (C=O) groups excluding carboxylic acids is 9. The largest absolute Gasteiger partial charge is 0.508 e. The Kier molecular flexibility index (Phi) is 28.8. The fraction of sp³-hybridized carbons (Fsp3) is 0.432. The van der Waals surface area contributed by atoms with Gasteiger partial charge in [0.2, 0.25) is 29.5 Å². The van der Waals surface area contributed by atoms with Gasteiger partial charge in [0, 0.05) is 62.2 Å². The number of hydrogen-bond donors (Lipinski definition) is 12. The number of aliphatic hydroxyl groups is 1. The molecule has 8 rings (SSSR count). The number of hydrogen-bond acceptors (Lipinski definition) is 16. The molecule has 0 unspecified atom stereocenters. The molecule has 0 radical (unpaired) electrons. The van der Waals surface area contributed by atoms with Crippen LogP contribution in [0.5, 0.6) is 5.75 Å². The van der Waals surface area contributed by atoms with Crippen LogP contribution in [0.2, 0.25) is 0 Å². The number of carboxylic acid groups (broad SMARTS) is 1. The number of aromatic hydroxyl groups is 1. The first-order chi connectivity index (χ1) is 48.0. The van der Waals surface area contributed by atoms with E-state index in [-0.39, 0.29) is 68.4 Å². The number of benzene rings is 5. The molecule has 5 aromatic carbocycles. The Labute approximate surface area is 590 Å². The summed E-state index contributed by atoms with van der Waals surface area (Å²) in [6.07, 6.45) is 2.07. The number of allylic oxidation sites excluding steroid dienone is 1. The molecule has 26 heteroatoms. The number of phenolic OH excluding ortho intramolecular Hbond substituents is 1. The summed E-state index contributed by atoms with van der Waals surface area (Å²) >= 11 is 0. The molecule has 1 fully saturated rings. The average Bonchev–Trinajstić information content (AvgIpc) is 1.62. The van der Waals surface area contributed by atoms with Crippen LogP contribution in [0.25, 0.3) is 16.7 Å². The zero-order chi connectivity index (χ0) is 71.7. The van der Waals surface area contributed by atoms with Crippen molar-refractivity contribution in [3.05, 3.63) is 167 Å². The van der Waals surface area contributed by atoms with E-state index in [0.29, 0.717) is 49.1 Å². The minimum atomic E-state index is -1.75. The second-order valence-corrected chi connectivity index (χ2v) is 28.7. The number of fused-ring (bicyclic) bond motifs is 4. The van der Waals surface area contributed by atoms with Crippen LogP contribution < -0.4 is 47.9 Å². The Balaban J connectivity index is 1.03. The van der Waals surface area contributed by atoms with E-state index in [1.165, 1.54) is 19.1 Å². The molecule has 5 aromatic rings. The Morgan fingerprint density at radius 2 is 1.21 bits per heavy atom. The molecule has 2 aliphatic carbocycles. The predicted octanol–water partition coefficient (Wildman–Crippen LogP) is 7.53. The van der Waals surface area contributed by atoms with E-state index >= 15 is 14.4 Å². The predicted molar refractivity (Wildman–Crippen MR) is 382 cm³/mol. The third kappa shape index (κ3) is 23.4. The van der Waals surface area contributed by atoms with Gasteiger partial charge in [-0.15, -0.1) is 0 Å². The first kappa shape index (κ1) is 76.4. The summed E-state index contributed by atoms with van der Waals surface area (Å²) < 4.78 is 11.2. The number of nitrogens with one attached hydrogen (secondary N) is 9. The molecule has 1 saturated heterocycles. The maximum atomic E-state index is 15.3. The minimum Gasteiger partial charge on any atom is -0.508 e. The molecule has 1 heterocycles. The van der Waals surface area contributed by atoms with Crippen molar-refractivity contribution < 1.29 is 72.7 Å². The maximum absolute atomic E-state index is 15.3. The Hall–Kier alpha value is -9.40. The van der Waals surface area contributed by atoms with Crippen molar-refractivity contribution >= 4 is 86.7 Å². The Morgan fingerprint density at radius 1 is 0.620 bits per heavy atom. The Bertz CT molecular complexity index is 3660. The monoisotopic (exact) mass is 1410 g/mol. The minimum absolute atomic E-state index is 0.0521. The highest BCUT2D eigenvalue weighted by Crippen LogP contribution is 2.44. The van der Waals surface area contributed by atoms with Crippen LogP contribution in [0.1, 0.15) is 125 Å².